The van der Waals surface area contributed by atoms with Gasteiger partial charge in [-0.25, -0.2) is 19.6 Å². The number of hydrogen-bond donors (Lipinski definition) is 2. The Bertz CT molecular complexity index is 523. The predicted molar refractivity (Wildman–Crippen MR) is 69.3 cm³/mol. The molecule has 0 spiro atoms. The van der Waals surface area contributed by atoms with E-state index in [9.17, 15) is 14.4 Å². The molecule has 1 rings (SSSR count). The number of amides is 1. The molecule has 1 aromatic heterocycles. The third kappa shape index (κ3) is 4.84. The number of thioether (sulfide) groups is 1. The third-order valence-corrected chi connectivity index (χ3v) is 3.09. The molecule has 0 fully saturated rings. The highest BCUT2D eigenvalue weighted by Gasteiger charge is 2.19. The summed E-state index contributed by atoms with van der Waals surface area (Å²) in [4.78, 5) is 40.7. The Labute approximate surface area is 118 Å². The molecule has 0 saturated heterocycles. The lowest BCUT2D eigenvalue weighted by Crippen LogP contribution is -2.41. The SMILES string of the molecule is COC(=O)c1nccc(SC[C@H](NC(C)=O)C(=O)O)n1. The summed E-state index contributed by atoms with van der Waals surface area (Å²) in [6.45, 7) is 1.24. The number of aliphatic carboxylic acids is 1. The van der Waals surface area contributed by atoms with Crippen molar-refractivity contribution in [1.82, 2.24) is 15.3 Å². The van der Waals surface area contributed by atoms with Crippen LogP contribution in [0.5, 0.6) is 0 Å². The number of nitrogens with one attached hydrogen (secondary N) is 1. The predicted octanol–water partition coefficient (Wildman–Crippen LogP) is -0.0554. The molecule has 0 aliphatic carbocycles. The number of methoxy groups -OCH3 is 1. The number of carboxylic acid groups (broad SMARTS) is 1. The molecule has 0 bridgehead atoms. The number of carboxylic acids is 1. The number of esters is 1. The van der Waals surface area contributed by atoms with Crippen LogP contribution in [0.15, 0.2) is 17.3 Å². The van der Waals surface area contributed by atoms with Crippen LogP contribution in [-0.4, -0.2) is 51.8 Å². The first-order chi connectivity index (χ1) is 9.43. The molecule has 1 heterocycles. The van der Waals surface area contributed by atoms with Gasteiger partial charge in [-0.1, -0.05) is 0 Å². The van der Waals surface area contributed by atoms with E-state index < -0.39 is 23.9 Å². The van der Waals surface area contributed by atoms with Crippen LogP contribution >= 0.6 is 11.8 Å². The van der Waals surface area contributed by atoms with Crippen LogP contribution < -0.4 is 5.32 Å². The number of ether oxygens (including phenoxy) is 1. The topological polar surface area (TPSA) is 118 Å². The monoisotopic (exact) mass is 299 g/mol. The maximum atomic E-state index is 11.2. The molecule has 1 amide bonds. The molecule has 108 valence electrons. The fourth-order valence-corrected chi connectivity index (χ4v) is 2.07. The molecule has 1 atom stereocenters. The van der Waals surface area contributed by atoms with Gasteiger partial charge >= 0.3 is 11.9 Å². The lowest BCUT2D eigenvalue weighted by Gasteiger charge is -2.12. The molecule has 20 heavy (non-hydrogen) atoms. The van der Waals surface area contributed by atoms with Gasteiger partial charge in [0, 0.05) is 18.9 Å². The van der Waals surface area contributed by atoms with E-state index >= 15 is 0 Å². The minimum atomic E-state index is -1.14. The molecule has 0 aliphatic rings. The highest BCUT2D eigenvalue weighted by molar-refractivity contribution is 7.99. The Hall–Kier alpha value is -2.16. The maximum absolute atomic E-state index is 11.2. The molecule has 2 N–H and O–H groups in total. The zero-order valence-electron chi connectivity index (χ0n) is 10.8. The van der Waals surface area contributed by atoms with Crippen LogP contribution in [0, 0.1) is 0 Å². The summed E-state index contributed by atoms with van der Waals surface area (Å²) in [6, 6.07) is 0.498. The van der Waals surface area contributed by atoms with Gasteiger partial charge in [0.15, 0.2) is 0 Å². The average molecular weight is 299 g/mol. The second kappa shape index (κ2) is 7.43. The summed E-state index contributed by atoms with van der Waals surface area (Å²) >= 11 is 1.09. The van der Waals surface area contributed by atoms with E-state index in [0.29, 0.717) is 5.03 Å². The minimum Gasteiger partial charge on any atom is -0.480 e. The molecular weight excluding hydrogens is 286 g/mol. The molecule has 9 heteroatoms. The summed E-state index contributed by atoms with van der Waals surface area (Å²) in [5.41, 5.74) is 0. The van der Waals surface area contributed by atoms with Crippen LogP contribution in [0.3, 0.4) is 0 Å². The lowest BCUT2D eigenvalue weighted by atomic mass is 10.3. The van der Waals surface area contributed by atoms with Crippen molar-refractivity contribution in [2.75, 3.05) is 12.9 Å². The molecule has 0 radical (unpaired) electrons. The fraction of sp³-hybridized carbons (Fsp3) is 0.364. The van der Waals surface area contributed by atoms with E-state index in [1.165, 1.54) is 26.3 Å². The van der Waals surface area contributed by atoms with Crippen molar-refractivity contribution in [2.45, 2.75) is 18.0 Å². The minimum absolute atomic E-state index is 0.0759. The summed E-state index contributed by atoms with van der Waals surface area (Å²) < 4.78 is 4.48. The van der Waals surface area contributed by atoms with Crippen molar-refractivity contribution >= 4 is 29.6 Å². The van der Waals surface area contributed by atoms with E-state index in [0.717, 1.165) is 11.8 Å². The second-order valence-corrected chi connectivity index (χ2v) is 4.65. The van der Waals surface area contributed by atoms with Crippen LogP contribution in [0.1, 0.15) is 17.5 Å². The van der Waals surface area contributed by atoms with E-state index in [2.05, 4.69) is 20.0 Å². The van der Waals surface area contributed by atoms with Gasteiger partial charge < -0.3 is 15.2 Å². The molecular formula is C11H13N3O5S. The number of hydrogen-bond acceptors (Lipinski definition) is 7. The Morgan fingerprint density at radius 2 is 2.20 bits per heavy atom. The lowest BCUT2D eigenvalue weighted by molar-refractivity contribution is -0.140. The van der Waals surface area contributed by atoms with Gasteiger partial charge in [0.05, 0.1) is 7.11 Å². The van der Waals surface area contributed by atoms with Crippen molar-refractivity contribution in [1.29, 1.82) is 0 Å². The number of aromatic nitrogens is 2. The fourth-order valence-electron chi connectivity index (χ4n) is 1.20. The number of nitrogens with zero attached hydrogens (tertiary/aromatic N) is 2. The maximum Gasteiger partial charge on any atom is 0.376 e. The summed E-state index contributed by atoms with van der Waals surface area (Å²) in [5.74, 6) is -2.29. The van der Waals surface area contributed by atoms with E-state index in [1.54, 1.807) is 0 Å². The normalized spacial score (nSPS) is 11.5. The van der Waals surface area contributed by atoms with Crippen molar-refractivity contribution in [2.24, 2.45) is 0 Å². The quantitative estimate of drug-likeness (QED) is 0.426. The van der Waals surface area contributed by atoms with Crippen LogP contribution in [0.4, 0.5) is 0 Å². The van der Waals surface area contributed by atoms with Gasteiger partial charge in [0.1, 0.15) is 11.1 Å². The van der Waals surface area contributed by atoms with Crippen LogP contribution in [-0.2, 0) is 14.3 Å². The Balaban J connectivity index is 2.70. The zero-order chi connectivity index (χ0) is 15.1. The first-order valence-electron chi connectivity index (χ1n) is 5.48. The number of carbonyl (C=O) groups excluding carboxylic acids is 2. The molecule has 0 aromatic carbocycles. The van der Waals surface area contributed by atoms with Gasteiger partial charge in [-0.15, -0.1) is 11.8 Å². The van der Waals surface area contributed by atoms with Crippen LogP contribution in [0.25, 0.3) is 0 Å². The van der Waals surface area contributed by atoms with E-state index in [1.807, 2.05) is 0 Å². The van der Waals surface area contributed by atoms with Crippen molar-refractivity contribution in [3.63, 3.8) is 0 Å². The van der Waals surface area contributed by atoms with Crippen LogP contribution in [0.2, 0.25) is 0 Å². The van der Waals surface area contributed by atoms with Crippen molar-refractivity contribution in [3.8, 4) is 0 Å². The van der Waals surface area contributed by atoms with Gasteiger partial charge in [-0.3, -0.25) is 4.79 Å². The average Bonchev–Trinajstić information content (AvgIpc) is 2.42. The summed E-state index contributed by atoms with van der Waals surface area (Å²) in [7, 11) is 1.21. The largest absolute Gasteiger partial charge is 0.480 e. The Morgan fingerprint density at radius 1 is 1.50 bits per heavy atom. The van der Waals surface area contributed by atoms with Crippen molar-refractivity contribution < 1.29 is 24.2 Å². The summed E-state index contributed by atoms with van der Waals surface area (Å²) in [6.07, 6.45) is 1.37. The van der Waals surface area contributed by atoms with Crippen molar-refractivity contribution in [3.05, 3.63) is 18.1 Å². The van der Waals surface area contributed by atoms with Gasteiger partial charge in [0.2, 0.25) is 11.7 Å². The molecule has 0 saturated carbocycles. The highest BCUT2D eigenvalue weighted by atomic mass is 32.2. The number of rotatable bonds is 6. The van der Waals surface area contributed by atoms with Gasteiger partial charge in [-0.2, -0.15) is 0 Å². The summed E-state index contributed by atoms with van der Waals surface area (Å²) in [5, 5.41) is 11.7. The molecule has 0 unspecified atom stereocenters. The Kier molecular flexibility index (Phi) is 5.91. The smallest absolute Gasteiger partial charge is 0.376 e. The first kappa shape index (κ1) is 15.9. The Morgan fingerprint density at radius 3 is 2.75 bits per heavy atom. The molecule has 0 aliphatic heterocycles. The van der Waals surface area contributed by atoms with Gasteiger partial charge in [0.25, 0.3) is 0 Å². The second-order valence-electron chi connectivity index (χ2n) is 3.61. The zero-order valence-corrected chi connectivity index (χ0v) is 11.6. The highest BCUT2D eigenvalue weighted by Crippen LogP contribution is 2.16. The number of carbonyl (C=O) groups is 3. The molecule has 1 aromatic rings. The van der Waals surface area contributed by atoms with E-state index in [-0.39, 0.29) is 11.6 Å². The molecule has 8 nitrogen and oxygen atoms in total. The third-order valence-electron chi connectivity index (χ3n) is 2.07. The van der Waals surface area contributed by atoms with Gasteiger partial charge in [-0.05, 0) is 6.07 Å². The van der Waals surface area contributed by atoms with E-state index in [4.69, 9.17) is 5.11 Å². The first-order valence-corrected chi connectivity index (χ1v) is 6.46. The standard InChI is InChI=1S/C11H13N3O5S/c1-6(15)13-7(10(16)17)5-20-8-3-4-12-9(14-8)11(18)19-2/h3-4,7H,5H2,1-2H3,(H,13,15)(H,16,17)/t7-/m0/s1.